The molecule has 9 atom stereocenters. The predicted molar refractivity (Wildman–Crippen MR) is 183 cm³/mol. The molecule has 1 heterocycles. The SMILES string of the molecule is CC.CC.CC(=N)C1CCC2C3CCC4(C)CCCCC4(C)C3CCC12C.CNCC1CCC(CCCC(C)C)N1. The first kappa shape index (κ1) is 36.8. The van der Waals surface area contributed by atoms with Crippen LogP contribution >= 0.6 is 0 Å². The van der Waals surface area contributed by atoms with Crippen molar-refractivity contribution >= 4 is 5.71 Å². The van der Waals surface area contributed by atoms with Crippen molar-refractivity contribution in [3.63, 3.8) is 0 Å². The number of rotatable bonds is 7. The van der Waals surface area contributed by atoms with Crippen molar-refractivity contribution in [2.75, 3.05) is 13.6 Å². The highest BCUT2D eigenvalue weighted by molar-refractivity contribution is 5.82. The van der Waals surface area contributed by atoms with Crippen LogP contribution < -0.4 is 10.6 Å². The van der Waals surface area contributed by atoms with E-state index in [1.165, 1.54) is 96.3 Å². The summed E-state index contributed by atoms with van der Waals surface area (Å²) in [5.41, 5.74) is 2.65. The topological polar surface area (TPSA) is 47.9 Å². The van der Waals surface area contributed by atoms with Gasteiger partial charge in [-0.15, -0.1) is 0 Å². The molecule has 1 aliphatic heterocycles. The lowest BCUT2D eigenvalue weighted by atomic mass is 9.40. The Kier molecular flexibility index (Phi) is 14.9. The molecular formula is C38H75N3. The molecule has 41 heavy (non-hydrogen) atoms. The average molecular weight is 574 g/mol. The first-order valence-corrected chi connectivity index (χ1v) is 18.5. The lowest BCUT2D eigenvalue weighted by Crippen LogP contribution is -2.56. The molecule has 4 aliphatic carbocycles. The molecule has 0 aromatic rings. The van der Waals surface area contributed by atoms with Crippen LogP contribution in [0.2, 0.25) is 0 Å². The normalized spacial score (nSPS) is 40.9. The number of hydrogen-bond donors (Lipinski definition) is 3. The van der Waals surface area contributed by atoms with E-state index in [1.54, 1.807) is 0 Å². The number of hydrogen-bond acceptors (Lipinski definition) is 3. The van der Waals surface area contributed by atoms with Crippen molar-refractivity contribution in [1.29, 1.82) is 5.41 Å². The predicted octanol–water partition coefficient (Wildman–Crippen LogP) is 10.7. The van der Waals surface area contributed by atoms with Crippen molar-refractivity contribution in [3.05, 3.63) is 0 Å². The van der Waals surface area contributed by atoms with Gasteiger partial charge in [-0.25, -0.2) is 0 Å². The minimum absolute atomic E-state index is 0.450. The Bertz CT molecular complexity index is 763. The van der Waals surface area contributed by atoms with Crippen LogP contribution in [0.25, 0.3) is 0 Å². The van der Waals surface area contributed by atoms with Crippen LogP contribution in [0.5, 0.6) is 0 Å². The number of fused-ring (bicyclic) bond motifs is 5. The first-order valence-electron chi connectivity index (χ1n) is 18.5. The van der Waals surface area contributed by atoms with Gasteiger partial charge in [-0.3, -0.25) is 0 Å². The largest absolute Gasteiger partial charge is 0.318 e. The lowest BCUT2D eigenvalue weighted by molar-refractivity contribution is -0.149. The summed E-state index contributed by atoms with van der Waals surface area (Å²) in [6, 6.07) is 1.52. The molecule has 3 N–H and O–H groups in total. The van der Waals surface area contributed by atoms with Gasteiger partial charge in [0.05, 0.1) is 0 Å². The smallest absolute Gasteiger partial charge is 0.0195 e. The molecule has 0 aromatic heterocycles. The first-order chi connectivity index (χ1) is 19.5. The Morgan fingerprint density at radius 3 is 2.12 bits per heavy atom. The van der Waals surface area contributed by atoms with E-state index in [1.807, 2.05) is 34.7 Å². The van der Waals surface area contributed by atoms with Gasteiger partial charge in [0, 0.05) is 30.3 Å². The summed E-state index contributed by atoms with van der Waals surface area (Å²) < 4.78 is 0. The molecule has 0 radical (unpaired) electrons. The summed E-state index contributed by atoms with van der Waals surface area (Å²) in [6.45, 7) is 23.7. The van der Waals surface area contributed by atoms with Crippen LogP contribution in [0.15, 0.2) is 0 Å². The maximum absolute atomic E-state index is 8.29. The molecule has 5 fully saturated rings. The number of nitrogens with one attached hydrogen (secondary N) is 3. The van der Waals surface area contributed by atoms with Crippen LogP contribution in [-0.2, 0) is 0 Å². The lowest BCUT2D eigenvalue weighted by Gasteiger charge is -2.64. The highest BCUT2D eigenvalue weighted by Gasteiger charge is 2.62. The minimum Gasteiger partial charge on any atom is -0.318 e. The van der Waals surface area contributed by atoms with Gasteiger partial charge < -0.3 is 16.0 Å². The van der Waals surface area contributed by atoms with Gasteiger partial charge in [-0.2, -0.15) is 0 Å². The molecule has 3 nitrogen and oxygen atoms in total. The zero-order valence-electron chi connectivity index (χ0n) is 29.9. The second-order valence-corrected chi connectivity index (χ2v) is 15.5. The van der Waals surface area contributed by atoms with E-state index < -0.39 is 0 Å². The molecule has 3 heteroatoms. The molecule has 5 aliphatic rings. The molecule has 4 saturated carbocycles. The summed E-state index contributed by atoms with van der Waals surface area (Å²) in [4.78, 5) is 0. The second kappa shape index (κ2) is 16.6. The van der Waals surface area contributed by atoms with Crippen LogP contribution in [0.1, 0.15) is 166 Å². The molecule has 242 valence electrons. The van der Waals surface area contributed by atoms with Crippen molar-refractivity contribution in [2.45, 2.75) is 178 Å². The molecule has 1 saturated heterocycles. The summed E-state index contributed by atoms with van der Waals surface area (Å²) in [5.74, 6) is 4.30. The van der Waals surface area contributed by atoms with E-state index in [-0.39, 0.29) is 0 Å². The molecule has 0 bridgehead atoms. The van der Waals surface area contributed by atoms with Gasteiger partial charge in [0.2, 0.25) is 0 Å². The van der Waals surface area contributed by atoms with E-state index in [0.717, 1.165) is 48.0 Å². The van der Waals surface area contributed by atoms with E-state index in [9.17, 15) is 0 Å². The van der Waals surface area contributed by atoms with Crippen LogP contribution in [0.4, 0.5) is 0 Å². The minimum atomic E-state index is 0.450. The molecule has 5 rings (SSSR count). The summed E-state index contributed by atoms with van der Waals surface area (Å²) in [5, 5.41) is 15.2. The van der Waals surface area contributed by atoms with Gasteiger partial charge in [-0.05, 0) is 125 Å². The standard InChI is InChI=1S/C22H37N.C12H26N2.2C2H6/c1-15(23)17-7-8-18-16-9-13-20(2)11-5-6-12-22(20,4)19(16)10-14-21(17,18)3;1-10(2)5-4-6-11-7-8-12(14-11)9-13-3;2*1-2/h16-19,23H,5-14H2,1-4H3;10-14H,4-9H2,1-3H3;2*1-2H3. The maximum atomic E-state index is 8.29. The van der Waals surface area contributed by atoms with Crippen molar-refractivity contribution < 1.29 is 0 Å². The fraction of sp³-hybridized carbons (Fsp3) is 0.974. The summed E-state index contributed by atoms with van der Waals surface area (Å²) >= 11 is 0. The van der Waals surface area contributed by atoms with E-state index in [2.05, 4.69) is 52.2 Å². The molecule has 0 amide bonds. The molecule has 0 aromatic carbocycles. The van der Waals surface area contributed by atoms with Crippen LogP contribution in [-0.4, -0.2) is 31.4 Å². The Balaban J connectivity index is 0.000000282. The van der Waals surface area contributed by atoms with Gasteiger partial charge in [0.25, 0.3) is 0 Å². The van der Waals surface area contributed by atoms with Gasteiger partial charge in [0.15, 0.2) is 0 Å². The van der Waals surface area contributed by atoms with E-state index in [4.69, 9.17) is 5.41 Å². The fourth-order valence-electron chi connectivity index (χ4n) is 10.6. The van der Waals surface area contributed by atoms with E-state index in [0.29, 0.717) is 22.2 Å². The second-order valence-electron chi connectivity index (χ2n) is 15.5. The zero-order chi connectivity index (χ0) is 30.8. The monoisotopic (exact) mass is 574 g/mol. The van der Waals surface area contributed by atoms with Gasteiger partial charge >= 0.3 is 0 Å². The molecular weight excluding hydrogens is 498 g/mol. The average Bonchev–Trinajstić information content (AvgIpc) is 3.55. The zero-order valence-corrected chi connectivity index (χ0v) is 29.9. The molecule has 0 spiro atoms. The third-order valence-corrected chi connectivity index (χ3v) is 13.0. The third kappa shape index (κ3) is 8.20. The van der Waals surface area contributed by atoms with Crippen molar-refractivity contribution in [2.24, 2.45) is 45.8 Å². The van der Waals surface area contributed by atoms with Gasteiger partial charge in [-0.1, -0.05) is 88.0 Å². The van der Waals surface area contributed by atoms with Crippen molar-refractivity contribution in [3.8, 4) is 0 Å². The summed E-state index contributed by atoms with van der Waals surface area (Å²) in [6.07, 6.45) is 21.3. The van der Waals surface area contributed by atoms with Crippen LogP contribution in [0.3, 0.4) is 0 Å². The van der Waals surface area contributed by atoms with Crippen LogP contribution in [0, 0.1) is 51.2 Å². The Morgan fingerprint density at radius 2 is 1.49 bits per heavy atom. The number of likely N-dealkylation sites (N-methyl/N-ethyl adjacent to an activating group) is 1. The third-order valence-electron chi connectivity index (χ3n) is 13.0. The highest BCUT2D eigenvalue weighted by atomic mass is 15.0. The highest BCUT2D eigenvalue weighted by Crippen LogP contribution is 2.70. The quantitative estimate of drug-likeness (QED) is 0.265. The van der Waals surface area contributed by atoms with Gasteiger partial charge in [0.1, 0.15) is 0 Å². The fourth-order valence-corrected chi connectivity index (χ4v) is 10.6. The maximum Gasteiger partial charge on any atom is 0.0195 e. The Morgan fingerprint density at radius 1 is 0.829 bits per heavy atom. The Hall–Kier alpha value is -0.410. The summed E-state index contributed by atoms with van der Waals surface area (Å²) in [7, 11) is 2.04. The Labute approximate surface area is 258 Å². The molecule has 9 unspecified atom stereocenters. The van der Waals surface area contributed by atoms with Crippen molar-refractivity contribution in [1.82, 2.24) is 10.6 Å². The van der Waals surface area contributed by atoms with E-state index >= 15 is 0 Å².